The third-order valence-corrected chi connectivity index (χ3v) is 5.71. The number of carbonyl (C=O) groups is 2. The molecule has 0 aliphatic heterocycles. The number of esters is 1. The van der Waals surface area contributed by atoms with Crippen LogP contribution in [-0.4, -0.2) is 51.9 Å². The van der Waals surface area contributed by atoms with Gasteiger partial charge in [0.15, 0.2) is 6.61 Å². The summed E-state index contributed by atoms with van der Waals surface area (Å²) < 4.78 is 35.5. The Hall–Kier alpha value is -2.91. The van der Waals surface area contributed by atoms with Crippen LogP contribution in [0.25, 0.3) is 0 Å². The predicted molar refractivity (Wildman–Crippen MR) is 108 cm³/mol. The molecule has 0 bridgehead atoms. The molecule has 0 fully saturated rings. The number of rotatable bonds is 9. The summed E-state index contributed by atoms with van der Waals surface area (Å²) in [4.78, 5) is 23.7. The number of nitrogens with zero attached hydrogens (tertiary/aromatic N) is 1. The standard InChI is InChI=1S/C20H24N2O6S/c1-15-4-8-17(9-5-15)27-13-12-20(24)28-14-19(23)21-16-6-10-18(11-7-16)29(25,26)22(2)3/h4-11H,12-14H2,1-3H3,(H,21,23). The fourth-order valence-electron chi connectivity index (χ4n) is 2.22. The summed E-state index contributed by atoms with van der Waals surface area (Å²) in [6, 6.07) is 13.1. The van der Waals surface area contributed by atoms with Crippen LogP contribution < -0.4 is 10.1 Å². The number of nitrogens with one attached hydrogen (secondary N) is 1. The Bertz CT molecular complexity index is 938. The number of hydrogen-bond acceptors (Lipinski definition) is 6. The molecule has 0 spiro atoms. The van der Waals surface area contributed by atoms with Gasteiger partial charge >= 0.3 is 5.97 Å². The van der Waals surface area contributed by atoms with Crippen LogP contribution in [-0.2, 0) is 24.3 Å². The molecule has 0 aliphatic carbocycles. The predicted octanol–water partition coefficient (Wildman–Crippen LogP) is 2.20. The lowest BCUT2D eigenvalue weighted by Crippen LogP contribution is -2.23. The molecule has 1 amide bonds. The van der Waals surface area contributed by atoms with Gasteiger partial charge < -0.3 is 14.8 Å². The maximum atomic E-state index is 12.0. The monoisotopic (exact) mass is 420 g/mol. The van der Waals surface area contributed by atoms with E-state index >= 15 is 0 Å². The smallest absolute Gasteiger partial charge is 0.309 e. The van der Waals surface area contributed by atoms with E-state index in [9.17, 15) is 18.0 Å². The Morgan fingerprint density at radius 2 is 1.62 bits per heavy atom. The summed E-state index contributed by atoms with van der Waals surface area (Å²) in [5.74, 6) is -0.429. The number of anilines is 1. The lowest BCUT2D eigenvalue weighted by molar-refractivity contribution is -0.147. The van der Waals surface area contributed by atoms with Gasteiger partial charge in [-0.1, -0.05) is 17.7 Å². The summed E-state index contributed by atoms with van der Waals surface area (Å²) in [6.45, 7) is 1.67. The molecule has 156 valence electrons. The van der Waals surface area contributed by atoms with E-state index in [1.165, 1.54) is 38.4 Å². The Kier molecular flexibility index (Phi) is 7.74. The zero-order chi connectivity index (χ0) is 21.4. The van der Waals surface area contributed by atoms with Crippen molar-refractivity contribution in [2.75, 3.05) is 32.6 Å². The first kappa shape index (κ1) is 22.4. The second-order valence-corrected chi connectivity index (χ2v) is 8.58. The highest BCUT2D eigenvalue weighted by atomic mass is 32.2. The summed E-state index contributed by atoms with van der Waals surface area (Å²) >= 11 is 0. The number of carbonyl (C=O) groups excluding carboxylic acids is 2. The van der Waals surface area contributed by atoms with Gasteiger partial charge in [0, 0.05) is 19.8 Å². The van der Waals surface area contributed by atoms with E-state index in [1.54, 1.807) is 0 Å². The van der Waals surface area contributed by atoms with Gasteiger partial charge in [-0.05, 0) is 43.3 Å². The molecule has 0 radical (unpaired) electrons. The third-order valence-electron chi connectivity index (χ3n) is 3.88. The number of aryl methyl sites for hydroxylation is 1. The molecular formula is C20H24N2O6S. The molecule has 9 heteroatoms. The van der Waals surface area contributed by atoms with E-state index in [0.717, 1.165) is 9.87 Å². The zero-order valence-corrected chi connectivity index (χ0v) is 17.4. The second kappa shape index (κ2) is 10.0. The van der Waals surface area contributed by atoms with E-state index in [4.69, 9.17) is 9.47 Å². The Labute approximate surface area is 170 Å². The first-order valence-corrected chi connectivity index (χ1v) is 10.3. The van der Waals surface area contributed by atoms with Crippen molar-refractivity contribution in [1.29, 1.82) is 0 Å². The van der Waals surface area contributed by atoms with Crippen LogP contribution >= 0.6 is 0 Å². The van der Waals surface area contributed by atoms with Gasteiger partial charge in [-0.2, -0.15) is 0 Å². The van der Waals surface area contributed by atoms with E-state index < -0.39 is 28.5 Å². The van der Waals surface area contributed by atoms with E-state index in [1.807, 2.05) is 31.2 Å². The van der Waals surface area contributed by atoms with E-state index in [2.05, 4.69) is 5.32 Å². The first-order chi connectivity index (χ1) is 13.7. The molecule has 2 aromatic carbocycles. The molecule has 2 aromatic rings. The van der Waals surface area contributed by atoms with Crippen LogP contribution in [0.5, 0.6) is 5.75 Å². The minimum Gasteiger partial charge on any atom is -0.493 e. The summed E-state index contributed by atoms with van der Waals surface area (Å²) in [5, 5.41) is 2.54. The lowest BCUT2D eigenvalue weighted by atomic mass is 10.2. The van der Waals surface area contributed by atoms with Crippen LogP contribution in [0, 0.1) is 6.92 Å². The van der Waals surface area contributed by atoms with Gasteiger partial charge in [-0.25, -0.2) is 12.7 Å². The van der Waals surface area contributed by atoms with Gasteiger partial charge in [0.2, 0.25) is 10.0 Å². The van der Waals surface area contributed by atoms with Crippen molar-refractivity contribution in [3.05, 3.63) is 54.1 Å². The maximum Gasteiger partial charge on any atom is 0.309 e. The van der Waals surface area contributed by atoms with Gasteiger partial charge in [0.25, 0.3) is 5.91 Å². The van der Waals surface area contributed by atoms with Crippen LogP contribution in [0.1, 0.15) is 12.0 Å². The van der Waals surface area contributed by atoms with E-state index in [0.29, 0.717) is 11.4 Å². The van der Waals surface area contributed by atoms with Crippen LogP contribution in [0.15, 0.2) is 53.4 Å². The van der Waals surface area contributed by atoms with Crippen molar-refractivity contribution in [2.24, 2.45) is 0 Å². The van der Waals surface area contributed by atoms with Crippen molar-refractivity contribution >= 4 is 27.6 Å². The number of benzene rings is 2. The highest BCUT2D eigenvalue weighted by Gasteiger charge is 2.17. The minimum atomic E-state index is -3.54. The minimum absolute atomic E-state index is 0.0122. The topological polar surface area (TPSA) is 102 Å². The third kappa shape index (κ3) is 6.88. The van der Waals surface area contributed by atoms with Crippen molar-refractivity contribution < 1.29 is 27.5 Å². The highest BCUT2D eigenvalue weighted by molar-refractivity contribution is 7.89. The second-order valence-electron chi connectivity index (χ2n) is 6.43. The van der Waals surface area contributed by atoms with Crippen molar-refractivity contribution in [2.45, 2.75) is 18.2 Å². The van der Waals surface area contributed by atoms with Gasteiger partial charge in [0.1, 0.15) is 5.75 Å². The number of hydrogen-bond donors (Lipinski definition) is 1. The molecule has 0 unspecified atom stereocenters. The summed E-state index contributed by atoms with van der Waals surface area (Å²) in [6.07, 6.45) is 0.0122. The maximum absolute atomic E-state index is 12.0. The molecule has 29 heavy (non-hydrogen) atoms. The molecule has 8 nitrogen and oxygen atoms in total. The van der Waals surface area contributed by atoms with Gasteiger partial charge in [0.05, 0.1) is 17.9 Å². The summed E-state index contributed by atoms with van der Waals surface area (Å²) in [5.41, 5.74) is 1.50. The lowest BCUT2D eigenvalue weighted by Gasteiger charge is -2.12. The van der Waals surface area contributed by atoms with Crippen molar-refractivity contribution in [1.82, 2.24) is 4.31 Å². The van der Waals surface area contributed by atoms with Crippen molar-refractivity contribution in [3.63, 3.8) is 0 Å². The molecule has 1 N–H and O–H groups in total. The SMILES string of the molecule is Cc1ccc(OCCC(=O)OCC(=O)Nc2ccc(S(=O)(=O)N(C)C)cc2)cc1. The van der Waals surface area contributed by atoms with Gasteiger partial charge in [-0.3, -0.25) is 9.59 Å². The van der Waals surface area contributed by atoms with Gasteiger partial charge in [-0.15, -0.1) is 0 Å². The van der Waals surface area contributed by atoms with Crippen LogP contribution in [0.2, 0.25) is 0 Å². The molecule has 2 rings (SSSR count). The Balaban J connectivity index is 1.73. The van der Waals surface area contributed by atoms with E-state index in [-0.39, 0.29) is 17.9 Å². The van der Waals surface area contributed by atoms with Crippen molar-refractivity contribution in [3.8, 4) is 5.75 Å². The number of ether oxygens (including phenoxy) is 2. The highest BCUT2D eigenvalue weighted by Crippen LogP contribution is 2.16. The molecule has 0 aliphatic rings. The number of sulfonamides is 1. The molecule has 0 atom stereocenters. The largest absolute Gasteiger partial charge is 0.493 e. The number of amides is 1. The van der Waals surface area contributed by atoms with Crippen LogP contribution in [0.3, 0.4) is 0 Å². The molecule has 0 saturated heterocycles. The Morgan fingerprint density at radius 1 is 1.00 bits per heavy atom. The molecule has 0 aromatic heterocycles. The molecule has 0 heterocycles. The first-order valence-electron chi connectivity index (χ1n) is 8.86. The molecule has 0 saturated carbocycles. The average Bonchev–Trinajstić information content (AvgIpc) is 2.68. The normalized spacial score (nSPS) is 11.2. The summed E-state index contributed by atoms with van der Waals surface area (Å²) in [7, 11) is -0.664. The quantitative estimate of drug-likeness (QED) is 0.624. The average molecular weight is 420 g/mol. The Morgan fingerprint density at radius 3 is 2.21 bits per heavy atom. The fourth-order valence-corrected chi connectivity index (χ4v) is 3.12. The zero-order valence-electron chi connectivity index (χ0n) is 16.5. The van der Waals surface area contributed by atoms with Crippen LogP contribution in [0.4, 0.5) is 5.69 Å². The fraction of sp³-hybridized carbons (Fsp3) is 0.300. The molecular weight excluding hydrogens is 396 g/mol.